The van der Waals surface area contributed by atoms with E-state index >= 15 is 0 Å². The fourth-order valence-corrected chi connectivity index (χ4v) is 5.65. The van der Waals surface area contributed by atoms with Gasteiger partial charge in [-0.1, -0.05) is 32.0 Å². The average molecular weight is 513 g/mol. The van der Waals surface area contributed by atoms with Crippen LogP contribution in [-0.2, 0) is 27.8 Å². The Hall–Kier alpha value is -3.30. The van der Waals surface area contributed by atoms with E-state index < -0.39 is 16.0 Å². The number of aromatic amines is 1. The van der Waals surface area contributed by atoms with Gasteiger partial charge in [0.2, 0.25) is 16.8 Å². The van der Waals surface area contributed by atoms with Crippen molar-refractivity contribution in [2.45, 2.75) is 58.5 Å². The van der Waals surface area contributed by atoms with Crippen LogP contribution >= 0.6 is 0 Å². The maximum Gasteiger partial charge on any atom is 0.355 e. The van der Waals surface area contributed by atoms with Gasteiger partial charge in [-0.3, -0.25) is 0 Å². The third-order valence-electron chi connectivity index (χ3n) is 6.39. The number of nitrogens with one attached hydrogen (secondary N) is 1. The van der Waals surface area contributed by atoms with Crippen molar-refractivity contribution in [1.29, 1.82) is 0 Å². The lowest BCUT2D eigenvalue weighted by atomic mass is 10.0. The van der Waals surface area contributed by atoms with Crippen LogP contribution in [-0.4, -0.2) is 37.1 Å². The van der Waals surface area contributed by atoms with Crippen molar-refractivity contribution in [2.75, 3.05) is 13.4 Å². The second-order valence-corrected chi connectivity index (χ2v) is 11.1. The van der Waals surface area contributed by atoms with Crippen molar-refractivity contribution in [1.82, 2.24) is 9.29 Å². The highest BCUT2D eigenvalue weighted by Gasteiger charge is 2.29. The standard InChI is InChI=1S/C27H32N2O6S/c1-6-33-27(30)26-18(4)23(19(5)28-26)15-29(14-20-7-12-24-25(13-20)35-16-34-24)36(31,32)22-10-8-21(9-11-22)17(2)3/h7-13,17,28H,6,14-16H2,1-5H3. The highest BCUT2D eigenvalue weighted by atomic mass is 32.2. The Morgan fingerprint density at radius 2 is 1.75 bits per heavy atom. The molecule has 0 unspecified atom stereocenters. The van der Waals surface area contributed by atoms with Crippen molar-refractivity contribution >= 4 is 16.0 Å². The number of H-pyrrole nitrogens is 1. The Balaban J connectivity index is 1.72. The lowest BCUT2D eigenvalue weighted by Gasteiger charge is -2.23. The number of hydrogen-bond donors (Lipinski definition) is 1. The fraction of sp³-hybridized carbons (Fsp3) is 0.370. The SMILES string of the molecule is CCOC(=O)c1[nH]c(C)c(CN(Cc2ccc3c(c2)OCO3)S(=O)(=O)c2ccc(C(C)C)cc2)c1C. The summed E-state index contributed by atoms with van der Waals surface area (Å²) in [5.74, 6) is 1.05. The van der Waals surface area contributed by atoms with Gasteiger partial charge < -0.3 is 19.2 Å². The first-order valence-electron chi connectivity index (χ1n) is 12.0. The van der Waals surface area contributed by atoms with Gasteiger partial charge in [-0.2, -0.15) is 4.31 Å². The van der Waals surface area contributed by atoms with Gasteiger partial charge in [-0.15, -0.1) is 0 Å². The molecule has 0 radical (unpaired) electrons. The van der Waals surface area contributed by atoms with E-state index in [1.807, 2.05) is 25.1 Å². The Morgan fingerprint density at radius 1 is 1.06 bits per heavy atom. The number of sulfonamides is 1. The molecule has 0 saturated heterocycles. The molecular weight excluding hydrogens is 480 g/mol. The predicted octanol–water partition coefficient (Wildman–Crippen LogP) is 5.05. The fourth-order valence-electron chi connectivity index (χ4n) is 4.25. The third-order valence-corrected chi connectivity index (χ3v) is 8.19. The highest BCUT2D eigenvalue weighted by Crippen LogP contribution is 2.34. The van der Waals surface area contributed by atoms with E-state index in [2.05, 4.69) is 18.8 Å². The molecule has 9 heteroatoms. The summed E-state index contributed by atoms with van der Waals surface area (Å²) in [5.41, 5.74) is 4.29. The molecule has 1 aliphatic heterocycles. The molecule has 192 valence electrons. The highest BCUT2D eigenvalue weighted by molar-refractivity contribution is 7.89. The number of hydrogen-bond acceptors (Lipinski definition) is 6. The maximum atomic E-state index is 13.9. The third kappa shape index (κ3) is 5.12. The van der Waals surface area contributed by atoms with E-state index in [0.717, 1.165) is 22.4 Å². The summed E-state index contributed by atoms with van der Waals surface area (Å²) in [6.07, 6.45) is 0. The van der Waals surface area contributed by atoms with E-state index in [1.54, 1.807) is 38.1 Å². The molecule has 0 amide bonds. The molecule has 0 atom stereocenters. The summed E-state index contributed by atoms with van der Waals surface area (Å²) in [6.45, 7) is 10.1. The van der Waals surface area contributed by atoms with Gasteiger partial charge in [0.1, 0.15) is 5.69 Å². The van der Waals surface area contributed by atoms with E-state index in [4.69, 9.17) is 14.2 Å². The number of aromatic nitrogens is 1. The minimum Gasteiger partial charge on any atom is -0.461 e. The second-order valence-electron chi connectivity index (χ2n) is 9.13. The molecule has 0 aliphatic carbocycles. The Bertz CT molecular complexity index is 1360. The monoisotopic (exact) mass is 512 g/mol. The van der Waals surface area contributed by atoms with Crippen LogP contribution in [0.5, 0.6) is 11.5 Å². The molecule has 0 saturated carbocycles. The summed E-state index contributed by atoms with van der Waals surface area (Å²) >= 11 is 0. The first-order chi connectivity index (χ1) is 17.1. The van der Waals surface area contributed by atoms with Crippen LogP contribution in [0.2, 0.25) is 0 Å². The number of aryl methyl sites for hydroxylation is 1. The van der Waals surface area contributed by atoms with Gasteiger partial charge in [0.05, 0.1) is 11.5 Å². The molecule has 0 bridgehead atoms. The molecule has 2 heterocycles. The Kier molecular flexibility index (Phi) is 7.42. The molecule has 8 nitrogen and oxygen atoms in total. The van der Waals surface area contributed by atoms with Gasteiger partial charge in [-0.25, -0.2) is 13.2 Å². The van der Waals surface area contributed by atoms with E-state index in [-0.39, 0.29) is 37.3 Å². The number of nitrogens with zero attached hydrogens (tertiary/aromatic N) is 1. The number of ether oxygens (including phenoxy) is 3. The Morgan fingerprint density at radius 3 is 2.42 bits per heavy atom. The van der Waals surface area contributed by atoms with Crippen molar-refractivity contribution in [3.05, 3.63) is 76.1 Å². The number of carbonyl (C=O) groups is 1. The van der Waals surface area contributed by atoms with E-state index in [9.17, 15) is 13.2 Å². The number of esters is 1. The van der Waals surface area contributed by atoms with Gasteiger partial charge in [0, 0.05) is 18.8 Å². The molecule has 3 aromatic rings. The smallest absolute Gasteiger partial charge is 0.355 e. The predicted molar refractivity (Wildman–Crippen MR) is 136 cm³/mol. The number of carbonyl (C=O) groups excluding carboxylic acids is 1. The van der Waals surface area contributed by atoms with Crippen molar-refractivity contribution in [2.24, 2.45) is 0 Å². The maximum absolute atomic E-state index is 13.9. The first-order valence-corrected chi connectivity index (χ1v) is 13.4. The summed E-state index contributed by atoms with van der Waals surface area (Å²) < 4.78 is 45.2. The Labute approximate surface area is 212 Å². The molecule has 1 aromatic heterocycles. The zero-order valence-electron chi connectivity index (χ0n) is 21.3. The van der Waals surface area contributed by atoms with Crippen LogP contribution in [0.25, 0.3) is 0 Å². The van der Waals surface area contributed by atoms with Crippen LogP contribution in [0.1, 0.15) is 65.1 Å². The van der Waals surface area contributed by atoms with Gasteiger partial charge in [0.15, 0.2) is 11.5 Å². The number of rotatable bonds is 9. The largest absolute Gasteiger partial charge is 0.461 e. The van der Waals surface area contributed by atoms with E-state index in [1.165, 1.54) is 4.31 Å². The average Bonchev–Trinajstić information content (AvgIpc) is 3.43. The first kappa shape index (κ1) is 25.8. The molecule has 0 spiro atoms. The summed E-state index contributed by atoms with van der Waals surface area (Å²) in [7, 11) is -3.88. The van der Waals surface area contributed by atoms with Gasteiger partial charge >= 0.3 is 5.97 Å². The summed E-state index contributed by atoms with van der Waals surface area (Å²) in [4.78, 5) is 15.7. The molecule has 1 N–H and O–H groups in total. The van der Waals surface area contributed by atoms with Crippen LogP contribution < -0.4 is 9.47 Å². The second kappa shape index (κ2) is 10.4. The quantitative estimate of drug-likeness (QED) is 0.403. The normalized spacial score (nSPS) is 13.0. The topological polar surface area (TPSA) is 97.9 Å². The van der Waals surface area contributed by atoms with E-state index in [0.29, 0.717) is 22.8 Å². The van der Waals surface area contributed by atoms with Crippen molar-refractivity contribution in [3.63, 3.8) is 0 Å². The molecule has 4 rings (SSSR count). The molecule has 0 fully saturated rings. The molecule has 36 heavy (non-hydrogen) atoms. The van der Waals surface area contributed by atoms with Crippen LogP contribution in [0.4, 0.5) is 0 Å². The summed E-state index contributed by atoms with van der Waals surface area (Å²) in [5, 5.41) is 0. The molecule has 1 aliphatic rings. The molecular formula is C27H32N2O6S. The lowest BCUT2D eigenvalue weighted by molar-refractivity contribution is 0.0519. The lowest BCUT2D eigenvalue weighted by Crippen LogP contribution is -2.30. The van der Waals surface area contributed by atoms with Gasteiger partial charge in [-0.05, 0) is 73.2 Å². The summed E-state index contributed by atoms with van der Waals surface area (Å²) in [6, 6.07) is 12.4. The molecule has 2 aromatic carbocycles. The van der Waals surface area contributed by atoms with Crippen LogP contribution in [0.15, 0.2) is 47.4 Å². The van der Waals surface area contributed by atoms with Crippen LogP contribution in [0.3, 0.4) is 0 Å². The zero-order chi connectivity index (χ0) is 26.0. The van der Waals surface area contributed by atoms with Gasteiger partial charge in [0.25, 0.3) is 0 Å². The zero-order valence-corrected chi connectivity index (χ0v) is 22.1. The minimum atomic E-state index is -3.88. The number of fused-ring (bicyclic) bond motifs is 1. The van der Waals surface area contributed by atoms with Crippen molar-refractivity contribution in [3.8, 4) is 11.5 Å². The number of benzene rings is 2. The van der Waals surface area contributed by atoms with Crippen molar-refractivity contribution < 1.29 is 27.4 Å². The minimum absolute atomic E-state index is 0.0796. The van der Waals surface area contributed by atoms with Crippen LogP contribution in [0, 0.1) is 13.8 Å².